The third-order valence-electron chi connectivity index (χ3n) is 6.47. The fourth-order valence-corrected chi connectivity index (χ4v) is 4.92. The monoisotopic (exact) mass is 391 g/mol. The van der Waals surface area contributed by atoms with E-state index in [1.165, 1.54) is 0 Å². The molecule has 0 N–H and O–H groups in total. The molecule has 4 heterocycles. The molecule has 0 radical (unpaired) electrons. The summed E-state index contributed by atoms with van der Waals surface area (Å²) in [5.41, 5.74) is 0.0562. The van der Waals surface area contributed by atoms with Crippen molar-refractivity contribution >= 4 is 5.91 Å². The predicted molar refractivity (Wildman–Crippen MR) is 104 cm³/mol. The van der Waals surface area contributed by atoms with Crippen LogP contribution in [0.4, 0.5) is 0 Å². The van der Waals surface area contributed by atoms with Crippen LogP contribution in [-0.4, -0.2) is 89.6 Å². The first-order valence-corrected chi connectivity index (χ1v) is 10.6. The lowest BCUT2D eigenvalue weighted by Crippen LogP contribution is -2.45. The third-order valence-corrected chi connectivity index (χ3v) is 6.47. The van der Waals surface area contributed by atoms with Gasteiger partial charge in [-0.05, 0) is 18.8 Å². The summed E-state index contributed by atoms with van der Waals surface area (Å²) in [6.45, 7) is 12.0. The summed E-state index contributed by atoms with van der Waals surface area (Å²) >= 11 is 0. The summed E-state index contributed by atoms with van der Waals surface area (Å²) in [6, 6.07) is 0. The number of carbonyl (C=O) groups is 1. The average molecular weight is 392 g/mol. The Morgan fingerprint density at radius 1 is 1.21 bits per heavy atom. The van der Waals surface area contributed by atoms with Crippen molar-refractivity contribution < 1.29 is 14.3 Å². The highest BCUT2D eigenvalue weighted by molar-refractivity contribution is 5.79. The number of hydrogen-bond acceptors (Lipinski definition) is 6. The summed E-state index contributed by atoms with van der Waals surface area (Å²) in [4.78, 5) is 17.4. The maximum Gasteiger partial charge on any atom is 0.236 e. The van der Waals surface area contributed by atoms with Gasteiger partial charge in [0.2, 0.25) is 5.91 Å². The number of carbonyl (C=O) groups excluding carboxylic acids is 1. The van der Waals surface area contributed by atoms with Gasteiger partial charge >= 0.3 is 0 Å². The van der Waals surface area contributed by atoms with E-state index in [9.17, 15) is 4.79 Å². The van der Waals surface area contributed by atoms with Gasteiger partial charge in [0.05, 0.1) is 19.8 Å². The number of hydrogen-bond donors (Lipinski definition) is 0. The highest BCUT2D eigenvalue weighted by Gasteiger charge is 2.51. The van der Waals surface area contributed by atoms with Crippen LogP contribution in [0.5, 0.6) is 0 Å². The fourth-order valence-electron chi connectivity index (χ4n) is 4.92. The van der Waals surface area contributed by atoms with E-state index in [2.05, 4.69) is 38.4 Å². The van der Waals surface area contributed by atoms with Crippen molar-refractivity contribution in [1.29, 1.82) is 0 Å². The van der Waals surface area contributed by atoms with Crippen LogP contribution in [0.15, 0.2) is 6.33 Å². The summed E-state index contributed by atoms with van der Waals surface area (Å²) in [6.07, 6.45) is 3.81. The second-order valence-electron chi connectivity index (χ2n) is 8.93. The zero-order valence-electron chi connectivity index (χ0n) is 17.2. The molecule has 0 bridgehead atoms. The van der Waals surface area contributed by atoms with Gasteiger partial charge in [-0.15, -0.1) is 10.2 Å². The number of amides is 1. The van der Waals surface area contributed by atoms with Gasteiger partial charge in [-0.25, -0.2) is 0 Å². The van der Waals surface area contributed by atoms with E-state index in [0.29, 0.717) is 12.5 Å². The Labute approximate surface area is 167 Å². The first-order valence-electron chi connectivity index (χ1n) is 10.6. The van der Waals surface area contributed by atoms with Crippen LogP contribution in [0.25, 0.3) is 0 Å². The largest absolute Gasteiger partial charge is 0.381 e. The molecule has 1 aromatic heterocycles. The van der Waals surface area contributed by atoms with Crippen LogP contribution < -0.4 is 0 Å². The first kappa shape index (κ1) is 19.8. The van der Waals surface area contributed by atoms with Gasteiger partial charge in [-0.3, -0.25) is 9.69 Å². The highest BCUT2D eigenvalue weighted by atomic mass is 16.5. The van der Waals surface area contributed by atoms with E-state index >= 15 is 0 Å². The van der Waals surface area contributed by atoms with Crippen molar-refractivity contribution in [2.24, 2.45) is 11.3 Å². The third kappa shape index (κ3) is 4.09. The molecule has 1 amide bonds. The maximum atomic E-state index is 13.1. The molecule has 8 nitrogen and oxygen atoms in total. The molecule has 1 aromatic rings. The van der Waals surface area contributed by atoms with Crippen molar-refractivity contribution in [2.45, 2.75) is 39.2 Å². The molecule has 156 valence electrons. The highest BCUT2D eigenvalue weighted by Crippen LogP contribution is 2.49. The Morgan fingerprint density at radius 3 is 2.64 bits per heavy atom. The summed E-state index contributed by atoms with van der Waals surface area (Å²) in [5, 5.41) is 8.73. The minimum Gasteiger partial charge on any atom is -0.381 e. The Morgan fingerprint density at radius 2 is 1.93 bits per heavy atom. The lowest BCUT2D eigenvalue weighted by Gasteiger charge is -2.37. The van der Waals surface area contributed by atoms with Crippen LogP contribution in [0.2, 0.25) is 0 Å². The Balaban J connectivity index is 1.53. The normalized spacial score (nSPS) is 25.7. The lowest BCUT2D eigenvalue weighted by molar-refractivity contribution is -0.133. The quantitative estimate of drug-likeness (QED) is 0.745. The number of nitrogens with zero attached hydrogens (tertiary/aromatic N) is 5. The average Bonchev–Trinajstić information content (AvgIpc) is 3.27. The first-order chi connectivity index (χ1) is 13.6. The number of ether oxygens (including phenoxy) is 2. The van der Waals surface area contributed by atoms with Crippen LogP contribution in [0, 0.1) is 11.3 Å². The van der Waals surface area contributed by atoms with Crippen molar-refractivity contribution in [1.82, 2.24) is 24.6 Å². The van der Waals surface area contributed by atoms with Crippen LogP contribution in [0.3, 0.4) is 0 Å². The molecule has 0 aliphatic carbocycles. The Bertz CT molecular complexity index is 665. The van der Waals surface area contributed by atoms with Crippen LogP contribution in [-0.2, 0) is 20.8 Å². The predicted octanol–water partition coefficient (Wildman–Crippen LogP) is 0.989. The van der Waals surface area contributed by atoms with Gasteiger partial charge in [0, 0.05) is 57.3 Å². The van der Waals surface area contributed by atoms with E-state index in [4.69, 9.17) is 9.47 Å². The molecular weight excluding hydrogens is 358 g/mol. The zero-order chi connectivity index (χ0) is 19.6. The molecule has 3 aliphatic heterocycles. The van der Waals surface area contributed by atoms with Gasteiger partial charge in [-0.1, -0.05) is 13.8 Å². The van der Waals surface area contributed by atoms with Gasteiger partial charge < -0.3 is 18.9 Å². The minimum absolute atomic E-state index is 0.0562. The molecule has 1 spiro atoms. The fraction of sp³-hybridized carbons (Fsp3) is 0.850. The van der Waals surface area contributed by atoms with Crippen LogP contribution >= 0.6 is 0 Å². The molecular formula is C20H33N5O3. The number of rotatable bonds is 5. The molecule has 3 fully saturated rings. The number of aromatic nitrogens is 3. The second kappa shape index (κ2) is 8.47. The van der Waals surface area contributed by atoms with E-state index in [0.717, 1.165) is 77.8 Å². The molecule has 0 aromatic carbocycles. The Kier molecular flexibility index (Phi) is 5.99. The van der Waals surface area contributed by atoms with Gasteiger partial charge in [-0.2, -0.15) is 0 Å². The molecule has 1 unspecified atom stereocenters. The molecule has 1 atom stereocenters. The maximum absolute atomic E-state index is 13.1. The van der Waals surface area contributed by atoms with Crippen molar-refractivity contribution in [3.63, 3.8) is 0 Å². The molecule has 3 saturated heterocycles. The summed E-state index contributed by atoms with van der Waals surface area (Å²) < 4.78 is 13.3. The van der Waals surface area contributed by atoms with Crippen LogP contribution in [0.1, 0.15) is 38.4 Å². The summed E-state index contributed by atoms with van der Waals surface area (Å²) in [5.74, 6) is 2.02. The van der Waals surface area contributed by atoms with Crippen molar-refractivity contribution in [2.75, 3.05) is 59.2 Å². The smallest absolute Gasteiger partial charge is 0.236 e. The topological polar surface area (TPSA) is 72.7 Å². The summed E-state index contributed by atoms with van der Waals surface area (Å²) in [7, 11) is 0. The second-order valence-corrected chi connectivity index (χ2v) is 8.93. The zero-order valence-corrected chi connectivity index (χ0v) is 17.2. The van der Waals surface area contributed by atoms with E-state index in [-0.39, 0.29) is 17.2 Å². The van der Waals surface area contributed by atoms with Crippen molar-refractivity contribution in [3.05, 3.63) is 12.2 Å². The van der Waals surface area contributed by atoms with E-state index < -0.39 is 0 Å². The molecule has 4 rings (SSSR count). The molecule has 28 heavy (non-hydrogen) atoms. The van der Waals surface area contributed by atoms with E-state index in [1.807, 2.05) is 6.33 Å². The standard InChI is InChI=1S/C20H33N5O3/c1-16(2)11-25-15-21-22-19(25)17-12-24(14-20(17)3-7-27-8-4-20)18(26)13-23-5-9-28-10-6-23/h15-17H,3-14H2,1-2H3. The molecule has 8 heteroatoms. The van der Waals surface area contributed by atoms with E-state index in [1.54, 1.807) is 0 Å². The number of likely N-dealkylation sites (tertiary alicyclic amines) is 1. The molecule has 3 aliphatic rings. The van der Waals surface area contributed by atoms with Crippen molar-refractivity contribution in [3.8, 4) is 0 Å². The molecule has 0 saturated carbocycles. The van der Waals surface area contributed by atoms with Gasteiger partial charge in [0.15, 0.2) is 0 Å². The lowest BCUT2D eigenvalue weighted by atomic mass is 9.71. The Hall–Kier alpha value is -1.51. The van der Waals surface area contributed by atoms with Gasteiger partial charge in [0.25, 0.3) is 0 Å². The minimum atomic E-state index is 0.0562. The SMILES string of the molecule is CC(C)Cn1cnnc1C1CN(C(=O)CN2CCOCC2)CC12CCOCC2. The number of morpholine rings is 1. The van der Waals surface area contributed by atoms with Gasteiger partial charge in [0.1, 0.15) is 12.2 Å².